The topological polar surface area (TPSA) is 12.0 Å². The molecule has 1 saturated carbocycles. The zero-order valence-electron chi connectivity index (χ0n) is 10.8. The Labute approximate surface area is 108 Å². The van der Waals surface area contributed by atoms with Crippen LogP contribution in [0.1, 0.15) is 44.2 Å². The molecule has 1 aliphatic carbocycles. The zero-order chi connectivity index (χ0) is 13.0. The van der Waals surface area contributed by atoms with E-state index >= 15 is 0 Å². The van der Waals surface area contributed by atoms with Crippen molar-refractivity contribution >= 4 is 0 Å². The Kier molecular flexibility index (Phi) is 4.33. The fourth-order valence-electron chi connectivity index (χ4n) is 2.65. The summed E-state index contributed by atoms with van der Waals surface area (Å²) in [4.78, 5) is 0. The van der Waals surface area contributed by atoms with Crippen molar-refractivity contribution in [1.29, 1.82) is 0 Å². The van der Waals surface area contributed by atoms with Gasteiger partial charge >= 0.3 is 0 Å². The van der Waals surface area contributed by atoms with Gasteiger partial charge in [-0.25, -0.2) is 8.78 Å². The average molecular weight is 253 g/mol. The van der Waals surface area contributed by atoms with Crippen molar-refractivity contribution in [3.63, 3.8) is 0 Å². The summed E-state index contributed by atoms with van der Waals surface area (Å²) in [5, 5.41) is 3.37. The normalized spacial score (nSPS) is 24.7. The lowest BCUT2D eigenvalue weighted by Crippen LogP contribution is -2.33. The molecular formula is C15H21F2N. The van der Waals surface area contributed by atoms with Crippen LogP contribution in [-0.2, 0) is 0 Å². The molecule has 0 spiro atoms. The van der Waals surface area contributed by atoms with Gasteiger partial charge < -0.3 is 5.32 Å². The van der Waals surface area contributed by atoms with Crippen LogP contribution in [0.3, 0.4) is 0 Å². The highest BCUT2D eigenvalue weighted by molar-refractivity contribution is 5.17. The third kappa shape index (κ3) is 3.77. The first-order valence-electron chi connectivity index (χ1n) is 6.73. The number of hydrogen-bond donors (Lipinski definition) is 1. The second-order valence-electron chi connectivity index (χ2n) is 5.36. The molecule has 1 aromatic rings. The summed E-state index contributed by atoms with van der Waals surface area (Å²) in [6, 6.07) is 10.3. The highest BCUT2D eigenvalue weighted by atomic mass is 19.3. The van der Waals surface area contributed by atoms with Crippen LogP contribution in [0, 0.1) is 5.92 Å². The van der Waals surface area contributed by atoms with Crippen molar-refractivity contribution in [3.8, 4) is 0 Å². The summed E-state index contributed by atoms with van der Waals surface area (Å²) in [6.07, 6.45) is 1.68. The Balaban J connectivity index is 1.81. The molecule has 3 heteroatoms. The molecule has 2 rings (SSSR count). The van der Waals surface area contributed by atoms with Gasteiger partial charge in [-0.1, -0.05) is 30.3 Å². The van der Waals surface area contributed by atoms with Crippen LogP contribution >= 0.6 is 0 Å². The smallest absolute Gasteiger partial charge is 0.248 e. The van der Waals surface area contributed by atoms with Gasteiger partial charge in [-0.3, -0.25) is 0 Å². The third-order valence-electron chi connectivity index (χ3n) is 3.75. The van der Waals surface area contributed by atoms with E-state index < -0.39 is 5.92 Å². The van der Waals surface area contributed by atoms with Crippen molar-refractivity contribution in [2.24, 2.45) is 5.92 Å². The highest BCUT2D eigenvalue weighted by Gasteiger charge is 2.35. The molecule has 1 aromatic carbocycles. The van der Waals surface area contributed by atoms with Crippen LogP contribution in [0.4, 0.5) is 8.78 Å². The maximum atomic E-state index is 13.3. The van der Waals surface area contributed by atoms with Crippen LogP contribution in [0.5, 0.6) is 0 Å². The van der Waals surface area contributed by atoms with E-state index in [1.807, 2.05) is 18.2 Å². The van der Waals surface area contributed by atoms with Crippen LogP contribution in [0.25, 0.3) is 0 Å². The van der Waals surface area contributed by atoms with E-state index in [0.717, 1.165) is 6.42 Å². The molecule has 0 heterocycles. The summed E-state index contributed by atoms with van der Waals surface area (Å²) in [7, 11) is 0. The van der Waals surface area contributed by atoms with Crippen LogP contribution < -0.4 is 5.32 Å². The minimum atomic E-state index is -2.44. The number of alkyl halides is 2. The van der Waals surface area contributed by atoms with Gasteiger partial charge in [0.1, 0.15) is 0 Å². The lowest BCUT2D eigenvalue weighted by molar-refractivity contribution is -0.0522. The standard InChI is InChI=1S/C15H21F2N/c1-12(14-7-3-2-4-8-14)18-11-13-6-5-9-15(16,17)10-13/h2-4,7-8,12-13,18H,5-6,9-11H2,1H3/t12-,13?/m1/s1. The molecular weight excluding hydrogens is 232 g/mol. The molecule has 0 aromatic heterocycles. The Morgan fingerprint density at radius 3 is 2.72 bits per heavy atom. The van der Waals surface area contributed by atoms with E-state index in [9.17, 15) is 8.78 Å². The molecule has 1 fully saturated rings. The van der Waals surface area contributed by atoms with E-state index in [-0.39, 0.29) is 24.8 Å². The number of halogens is 2. The second kappa shape index (κ2) is 5.79. The zero-order valence-corrected chi connectivity index (χ0v) is 10.8. The van der Waals surface area contributed by atoms with Crippen LogP contribution in [-0.4, -0.2) is 12.5 Å². The predicted octanol–water partition coefficient (Wildman–Crippen LogP) is 4.16. The van der Waals surface area contributed by atoms with Crippen molar-refractivity contribution in [2.45, 2.75) is 44.6 Å². The molecule has 18 heavy (non-hydrogen) atoms. The quantitative estimate of drug-likeness (QED) is 0.849. The first kappa shape index (κ1) is 13.5. The number of benzene rings is 1. The summed E-state index contributed by atoms with van der Waals surface area (Å²) in [5.41, 5.74) is 1.21. The Bertz CT molecular complexity index is 364. The summed E-state index contributed by atoms with van der Waals surface area (Å²) >= 11 is 0. The molecule has 0 radical (unpaired) electrons. The summed E-state index contributed by atoms with van der Waals surface area (Å²) < 4.78 is 26.5. The minimum Gasteiger partial charge on any atom is -0.310 e. The largest absolute Gasteiger partial charge is 0.310 e. The van der Waals surface area contributed by atoms with Crippen molar-refractivity contribution in [3.05, 3.63) is 35.9 Å². The van der Waals surface area contributed by atoms with Crippen molar-refractivity contribution in [1.82, 2.24) is 5.32 Å². The van der Waals surface area contributed by atoms with E-state index in [1.165, 1.54) is 5.56 Å². The van der Waals surface area contributed by atoms with E-state index in [4.69, 9.17) is 0 Å². The van der Waals surface area contributed by atoms with E-state index in [2.05, 4.69) is 24.4 Å². The molecule has 1 unspecified atom stereocenters. The summed E-state index contributed by atoms with van der Waals surface area (Å²) in [6.45, 7) is 2.77. The number of nitrogens with one attached hydrogen (secondary N) is 1. The van der Waals surface area contributed by atoms with Crippen LogP contribution in [0.2, 0.25) is 0 Å². The predicted molar refractivity (Wildman–Crippen MR) is 69.8 cm³/mol. The fraction of sp³-hybridized carbons (Fsp3) is 0.600. The molecule has 100 valence electrons. The Morgan fingerprint density at radius 1 is 1.33 bits per heavy atom. The third-order valence-corrected chi connectivity index (χ3v) is 3.75. The minimum absolute atomic E-state index is 0.0432. The van der Waals surface area contributed by atoms with E-state index in [1.54, 1.807) is 0 Å². The molecule has 0 bridgehead atoms. The van der Waals surface area contributed by atoms with Gasteiger partial charge in [0.2, 0.25) is 5.92 Å². The van der Waals surface area contributed by atoms with Gasteiger partial charge in [0, 0.05) is 18.9 Å². The van der Waals surface area contributed by atoms with Gasteiger partial charge in [0.15, 0.2) is 0 Å². The Morgan fingerprint density at radius 2 is 2.06 bits per heavy atom. The molecule has 1 N–H and O–H groups in total. The average Bonchev–Trinajstić information content (AvgIpc) is 2.36. The van der Waals surface area contributed by atoms with Crippen molar-refractivity contribution in [2.75, 3.05) is 6.54 Å². The SMILES string of the molecule is C[C@@H](NCC1CCCC(F)(F)C1)c1ccccc1. The monoisotopic (exact) mass is 253 g/mol. The molecule has 1 aliphatic rings. The molecule has 2 atom stereocenters. The van der Waals surface area contributed by atoms with Crippen molar-refractivity contribution < 1.29 is 8.78 Å². The van der Waals surface area contributed by atoms with Gasteiger partial charge in [-0.15, -0.1) is 0 Å². The first-order chi connectivity index (χ1) is 8.57. The van der Waals surface area contributed by atoms with Gasteiger partial charge in [0.05, 0.1) is 0 Å². The maximum absolute atomic E-state index is 13.3. The van der Waals surface area contributed by atoms with Gasteiger partial charge in [-0.2, -0.15) is 0 Å². The highest BCUT2D eigenvalue weighted by Crippen LogP contribution is 2.36. The molecule has 0 aliphatic heterocycles. The first-order valence-corrected chi connectivity index (χ1v) is 6.73. The summed E-state index contributed by atoms with van der Waals surface area (Å²) in [5.74, 6) is -2.33. The lowest BCUT2D eigenvalue weighted by Gasteiger charge is -2.30. The molecule has 1 nitrogen and oxygen atoms in total. The second-order valence-corrected chi connectivity index (χ2v) is 5.36. The van der Waals surface area contributed by atoms with Crippen LogP contribution in [0.15, 0.2) is 30.3 Å². The molecule has 0 amide bonds. The maximum Gasteiger partial charge on any atom is 0.248 e. The van der Waals surface area contributed by atoms with Gasteiger partial charge in [-0.05, 0) is 37.8 Å². The number of rotatable bonds is 4. The fourth-order valence-corrected chi connectivity index (χ4v) is 2.65. The molecule has 0 saturated heterocycles. The Hall–Kier alpha value is -0.960. The lowest BCUT2D eigenvalue weighted by atomic mass is 9.86. The van der Waals surface area contributed by atoms with E-state index in [0.29, 0.717) is 13.0 Å². The number of hydrogen-bond acceptors (Lipinski definition) is 1. The van der Waals surface area contributed by atoms with Gasteiger partial charge in [0.25, 0.3) is 0 Å².